The molecule has 2 aliphatic heterocycles. The van der Waals surface area contributed by atoms with Gasteiger partial charge in [0.1, 0.15) is 17.0 Å². The topological polar surface area (TPSA) is 89.5 Å². The number of amides is 2. The van der Waals surface area contributed by atoms with Crippen LogP contribution in [-0.2, 0) is 9.59 Å². The number of hydrogen-bond donors (Lipinski definition) is 2. The first-order valence-electron chi connectivity index (χ1n) is 7.11. The third-order valence-electron chi connectivity index (χ3n) is 4.10. The minimum Gasteiger partial charge on any atom is -0.368 e. The molecule has 3 N–H and O–H groups in total. The summed E-state index contributed by atoms with van der Waals surface area (Å²) in [5.41, 5.74) is 5.61. The zero-order chi connectivity index (χ0) is 15.6. The fraction of sp³-hybridized carbons (Fsp3) is 0.846. The summed E-state index contributed by atoms with van der Waals surface area (Å²) in [6.07, 6.45) is -0.308. The summed E-state index contributed by atoms with van der Waals surface area (Å²) in [6.45, 7) is 5.35. The Bertz CT molecular complexity index is 423. The van der Waals surface area contributed by atoms with Crippen molar-refractivity contribution in [3.8, 4) is 0 Å². The van der Waals surface area contributed by atoms with Gasteiger partial charge in [-0.1, -0.05) is 6.92 Å². The van der Waals surface area contributed by atoms with Crippen molar-refractivity contribution in [3.05, 3.63) is 0 Å². The monoisotopic (exact) mass is 331 g/mol. The first kappa shape index (κ1) is 16.9. The van der Waals surface area contributed by atoms with Crippen LogP contribution in [0.4, 0.5) is 0 Å². The molecule has 0 aromatic heterocycles. The molecule has 2 amide bonds. The predicted molar refractivity (Wildman–Crippen MR) is 87.3 cm³/mol. The molecule has 2 aliphatic rings. The van der Waals surface area contributed by atoms with Crippen LogP contribution in [0.5, 0.6) is 0 Å². The van der Waals surface area contributed by atoms with Crippen LogP contribution in [0.25, 0.3) is 0 Å². The van der Waals surface area contributed by atoms with Gasteiger partial charge in [0.2, 0.25) is 11.8 Å². The van der Waals surface area contributed by atoms with E-state index in [2.05, 4.69) is 10.6 Å². The minimum absolute atomic E-state index is 0.0462. The van der Waals surface area contributed by atoms with Gasteiger partial charge < -0.3 is 11.1 Å². The number of carbonyl (C=O) groups is 2. The van der Waals surface area contributed by atoms with Gasteiger partial charge in [-0.3, -0.25) is 14.5 Å². The Morgan fingerprint density at radius 2 is 2.14 bits per heavy atom. The van der Waals surface area contributed by atoms with Gasteiger partial charge in [0.15, 0.2) is 0 Å². The summed E-state index contributed by atoms with van der Waals surface area (Å²) in [4.78, 5) is 26.3. The summed E-state index contributed by atoms with van der Waals surface area (Å²) in [5, 5.41) is 7.52. The zero-order valence-corrected chi connectivity index (χ0v) is 14.3. The Labute approximate surface area is 134 Å². The second kappa shape index (κ2) is 6.76. The molecule has 2 fully saturated rings. The van der Waals surface area contributed by atoms with Crippen LogP contribution < -0.4 is 16.4 Å². The number of rotatable bonds is 3. The maximum absolute atomic E-state index is 12.4. The highest BCUT2D eigenvalue weighted by atomic mass is 32.2. The van der Waals surface area contributed by atoms with E-state index in [1.54, 1.807) is 30.6 Å². The Morgan fingerprint density at radius 1 is 1.43 bits per heavy atom. The minimum atomic E-state index is -0.678. The number of nitrogens with zero attached hydrogens (tertiary/aromatic N) is 2. The lowest BCUT2D eigenvalue weighted by atomic mass is 10.0. The molecule has 119 valence electrons. The highest BCUT2D eigenvalue weighted by molar-refractivity contribution is 8.01. The lowest BCUT2D eigenvalue weighted by Gasteiger charge is -2.49. The van der Waals surface area contributed by atoms with Gasteiger partial charge in [-0.05, 0) is 6.92 Å². The smallest absolute Gasteiger partial charge is 0.238 e. The Hall–Kier alpha value is -0.440. The van der Waals surface area contributed by atoms with Crippen molar-refractivity contribution in [2.45, 2.75) is 36.1 Å². The van der Waals surface area contributed by atoms with Crippen LogP contribution in [0, 0.1) is 0 Å². The van der Waals surface area contributed by atoms with Crippen molar-refractivity contribution in [3.63, 3.8) is 0 Å². The third kappa shape index (κ3) is 3.18. The SMILES string of the molecule is CNC(=O)C1(C)SCC[N]C1N1CCSC(C)C1C(N)=O. The van der Waals surface area contributed by atoms with Crippen molar-refractivity contribution in [1.82, 2.24) is 15.5 Å². The second-order valence-electron chi connectivity index (χ2n) is 5.48. The van der Waals surface area contributed by atoms with Crippen LogP contribution in [0.15, 0.2) is 0 Å². The number of thioether (sulfide) groups is 2. The largest absolute Gasteiger partial charge is 0.368 e. The quantitative estimate of drug-likeness (QED) is 0.725. The summed E-state index contributed by atoms with van der Waals surface area (Å²) >= 11 is 3.35. The molecule has 2 rings (SSSR count). The molecule has 0 aromatic carbocycles. The first-order chi connectivity index (χ1) is 9.91. The number of nitrogens with two attached hydrogens (primary N) is 1. The van der Waals surface area contributed by atoms with Crippen LogP contribution in [0.1, 0.15) is 13.8 Å². The molecule has 6 nitrogen and oxygen atoms in total. The van der Waals surface area contributed by atoms with E-state index in [-0.39, 0.29) is 29.3 Å². The van der Waals surface area contributed by atoms with E-state index < -0.39 is 4.75 Å². The van der Waals surface area contributed by atoms with Crippen LogP contribution >= 0.6 is 23.5 Å². The number of primary amides is 1. The van der Waals surface area contributed by atoms with Crippen molar-refractivity contribution in [2.75, 3.05) is 31.6 Å². The van der Waals surface area contributed by atoms with Crippen LogP contribution in [0.2, 0.25) is 0 Å². The van der Waals surface area contributed by atoms with Crippen molar-refractivity contribution in [1.29, 1.82) is 0 Å². The van der Waals surface area contributed by atoms with Crippen molar-refractivity contribution in [2.24, 2.45) is 5.73 Å². The molecule has 0 aliphatic carbocycles. The molecular formula is C13H23N4O2S2. The molecule has 4 unspecified atom stereocenters. The highest BCUT2D eigenvalue weighted by Crippen LogP contribution is 2.37. The second-order valence-corrected chi connectivity index (χ2v) is 8.51. The highest BCUT2D eigenvalue weighted by Gasteiger charge is 2.51. The molecule has 0 spiro atoms. The molecule has 0 bridgehead atoms. The standard InChI is InChI=1S/C13H23N4O2S2/c1-8-9(10(14)18)17(5-7-20-8)11-13(2,12(19)15-3)21-6-4-16-11/h8-9,11H,4-7H2,1-3H3,(H2,14,18)(H,15,19). The lowest BCUT2D eigenvalue weighted by Crippen LogP contribution is -2.69. The van der Waals surface area contributed by atoms with E-state index in [1.165, 1.54) is 0 Å². The van der Waals surface area contributed by atoms with Gasteiger partial charge in [0, 0.05) is 36.9 Å². The van der Waals surface area contributed by atoms with Crippen molar-refractivity contribution >= 4 is 35.3 Å². The van der Waals surface area contributed by atoms with Gasteiger partial charge >= 0.3 is 0 Å². The molecule has 0 saturated carbocycles. The maximum atomic E-state index is 12.4. The number of carbonyl (C=O) groups excluding carboxylic acids is 2. The van der Waals surface area contributed by atoms with E-state index in [9.17, 15) is 9.59 Å². The molecule has 4 atom stereocenters. The normalized spacial score (nSPS) is 38.0. The fourth-order valence-corrected chi connectivity index (χ4v) is 5.42. The summed E-state index contributed by atoms with van der Waals surface area (Å²) in [7, 11) is 1.64. The van der Waals surface area contributed by atoms with E-state index in [4.69, 9.17) is 5.73 Å². The lowest BCUT2D eigenvalue weighted by molar-refractivity contribution is -0.130. The fourth-order valence-electron chi connectivity index (χ4n) is 3.05. The molecular weight excluding hydrogens is 308 g/mol. The molecule has 1 radical (unpaired) electrons. The molecule has 21 heavy (non-hydrogen) atoms. The van der Waals surface area contributed by atoms with Gasteiger partial charge in [-0.25, -0.2) is 5.32 Å². The Morgan fingerprint density at radius 3 is 2.76 bits per heavy atom. The molecule has 0 aromatic rings. The van der Waals surface area contributed by atoms with E-state index >= 15 is 0 Å². The van der Waals surface area contributed by atoms with Gasteiger partial charge in [0.25, 0.3) is 0 Å². The molecule has 8 heteroatoms. The number of hydrogen-bond acceptors (Lipinski definition) is 5. The average molecular weight is 331 g/mol. The van der Waals surface area contributed by atoms with E-state index in [0.29, 0.717) is 6.54 Å². The van der Waals surface area contributed by atoms with Gasteiger partial charge in [-0.2, -0.15) is 11.8 Å². The van der Waals surface area contributed by atoms with Gasteiger partial charge in [0.05, 0.1) is 0 Å². The van der Waals surface area contributed by atoms with Crippen LogP contribution in [0.3, 0.4) is 0 Å². The third-order valence-corrected chi connectivity index (χ3v) is 6.69. The Kier molecular flexibility index (Phi) is 5.45. The summed E-state index contributed by atoms with van der Waals surface area (Å²) < 4.78 is -0.678. The van der Waals surface area contributed by atoms with E-state index in [1.807, 2.05) is 18.7 Å². The molecule has 2 saturated heterocycles. The predicted octanol–water partition coefficient (Wildman–Crippen LogP) is -0.540. The van der Waals surface area contributed by atoms with E-state index in [0.717, 1.165) is 18.1 Å². The number of nitrogens with one attached hydrogen (secondary N) is 1. The zero-order valence-electron chi connectivity index (χ0n) is 12.7. The first-order valence-corrected chi connectivity index (χ1v) is 9.14. The average Bonchev–Trinajstić information content (AvgIpc) is 2.46. The van der Waals surface area contributed by atoms with Crippen LogP contribution in [-0.4, -0.2) is 70.6 Å². The Balaban J connectivity index is 2.31. The van der Waals surface area contributed by atoms with Gasteiger partial charge in [-0.15, -0.1) is 11.8 Å². The van der Waals surface area contributed by atoms with Crippen molar-refractivity contribution < 1.29 is 9.59 Å². The summed E-state index contributed by atoms with van der Waals surface area (Å²) in [6, 6.07) is -0.375. The maximum Gasteiger partial charge on any atom is 0.238 e. The molecule has 2 heterocycles. The summed E-state index contributed by atoms with van der Waals surface area (Å²) in [5.74, 6) is 1.36.